The lowest BCUT2D eigenvalue weighted by atomic mass is 10.2. The van der Waals surface area contributed by atoms with Crippen LogP contribution in [0, 0.1) is 0 Å². The Labute approximate surface area is 156 Å². The van der Waals surface area contributed by atoms with Crippen LogP contribution in [0.5, 0.6) is 17.2 Å². The summed E-state index contributed by atoms with van der Waals surface area (Å²) in [5.74, 6) is -0.500. The van der Waals surface area contributed by atoms with Crippen LogP contribution in [0.15, 0.2) is 47.6 Å². The second-order valence-corrected chi connectivity index (χ2v) is 5.59. The van der Waals surface area contributed by atoms with E-state index in [0.29, 0.717) is 23.5 Å². The number of carbonyl (C=O) groups excluding carboxylic acids is 2. The molecule has 0 bridgehead atoms. The Morgan fingerprint density at radius 1 is 1.15 bits per heavy atom. The van der Waals surface area contributed by atoms with Gasteiger partial charge in [0.15, 0.2) is 0 Å². The summed E-state index contributed by atoms with van der Waals surface area (Å²) in [5, 5.41) is 25.0. The molecule has 0 saturated carbocycles. The van der Waals surface area contributed by atoms with E-state index in [9.17, 15) is 19.8 Å². The number of carbonyl (C=O) groups is 2. The summed E-state index contributed by atoms with van der Waals surface area (Å²) in [7, 11) is 0. The molecule has 0 radical (unpaired) electrons. The minimum atomic E-state index is -0.527. The third-order valence-electron chi connectivity index (χ3n) is 3.41. The van der Waals surface area contributed by atoms with Gasteiger partial charge in [0.2, 0.25) is 0 Å². The Balaban J connectivity index is 1.79. The molecule has 0 aliphatic rings. The molecule has 8 nitrogen and oxygen atoms in total. The minimum absolute atomic E-state index is 0.0821. The van der Waals surface area contributed by atoms with Gasteiger partial charge in [-0.05, 0) is 42.8 Å². The number of nitrogens with zero attached hydrogens (tertiary/aromatic N) is 1. The van der Waals surface area contributed by atoms with Gasteiger partial charge in [0.05, 0.1) is 19.4 Å². The summed E-state index contributed by atoms with van der Waals surface area (Å²) in [6.45, 7) is 2.35. The quantitative estimate of drug-likeness (QED) is 0.416. The van der Waals surface area contributed by atoms with Crippen molar-refractivity contribution in [1.29, 1.82) is 0 Å². The number of hydrogen-bond acceptors (Lipinski definition) is 6. The van der Waals surface area contributed by atoms with Crippen molar-refractivity contribution in [1.82, 2.24) is 10.7 Å². The van der Waals surface area contributed by atoms with E-state index in [4.69, 9.17) is 4.74 Å². The second kappa shape index (κ2) is 9.81. The monoisotopic (exact) mass is 371 g/mol. The maximum Gasteiger partial charge on any atom is 0.259 e. The molecule has 2 rings (SSSR count). The zero-order chi connectivity index (χ0) is 19.6. The van der Waals surface area contributed by atoms with Crippen molar-refractivity contribution in [2.75, 3.05) is 13.2 Å². The lowest BCUT2D eigenvalue weighted by Gasteiger charge is -2.07. The van der Waals surface area contributed by atoms with Gasteiger partial charge in [-0.2, -0.15) is 5.10 Å². The number of ether oxygens (including phenoxy) is 1. The van der Waals surface area contributed by atoms with Crippen LogP contribution in [0.3, 0.4) is 0 Å². The number of benzene rings is 2. The van der Waals surface area contributed by atoms with Crippen LogP contribution >= 0.6 is 0 Å². The van der Waals surface area contributed by atoms with Gasteiger partial charge in [0.25, 0.3) is 11.8 Å². The van der Waals surface area contributed by atoms with E-state index < -0.39 is 11.8 Å². The van der Waals surface area contributed by atoms with Gasteiger partial charge in [0, 0.05) is 17.2 Å². The number of rotatable bonds is 8. The molecule has 2 aromatic rings. The predicted molar refractivity (Wildman–Crippen MR) is 100 cm³/mol. The fourth-order valence-corrected chi connectivity index (χ4v) is 2.04. The Kier molecular flexibility index (Phi) is 7.18. The highest BCUT2D eigenvalue weighted by Gasteiger charge is 2.08. The lowest BCUT2D eigenvalue weighted by Crippen LogP contribution is -2.34. The molecule has 142 valence electrons. The van der Waals surface area contributed by atoms with E-state index >= 15 is 0 Å². The molecule has 0 heterocycles. The Morgan fingerprint density at radius 3 is 2.56 bits per heavy atom. The van der Waals surface area contributed by atoms with Crippen molar-refractivity contribution >= 4 is 18.0 Å². The van der Waals surface area contributed by atoms with E-state index in [0.717, 1.165) is 12.5 Å². The average Bonchev–Trinajstić information content (AvgIpc) is 2.66. The smallest absolute Gasteiger partial charge is 0.259 e. The van der Waals surface area contributed by atoms with Crippen molar-refractivity contribution < 1.29 is 24.5 Å². The summed E-state index contributed by atoms with van der Waals surface area (Å²) in [4.78, 5) is 23.7. The number of amides is 2. The topological polar surface area (TPSA) is 120 Å². The molecule has 0 fully saturated rings. The maximum absolute atomic E-state index is 12.0. The largest absolute Gasteiger partial charge is 0.508 e. The van der Waals surface area contributed by atoms with Gasteiger partial charge in [-0.15, -0.1) is 0 Å². The van der Waals surface area contributed by atoms with Crippen LogP contribution in [0.25, 0.3) is 0 Å². The zero-order valence-corrected chi connectivity index (χ0v) is 14.8. The normalized spacial score (nSPS) is 10.6. The molecule has 2 amide bonds. The van der Waals surface area contributed by atoms with Crippen LogP contribution in [-0.4, -0.2) is 41.4 Å². The molecule has 0 unspecified atom stereocenters. The van der Waals surface area contributed by atoms with Crippen molar-refractivity contribution in [2.45, 2.75) is 13.3 Å². The first-order valence-electron chi connectivity index (χ1n) is 8.34. The van der Waals surface area contributed by atoms with E-state index in [-0.39, 0.29) is 18.0 Å². The molecule has 27 heavy (non-hydrogen) atoms. The average molecular weight is 371 g/mol. The number of nitrogens with one attached hydrogen (secondary N) is 2. The van der Waals surface area contributed by atoms with E-state index in [2.05, 4.69) is 15.8 Å². The first kappa shape index (κ1) is 19.8. The molecule has 0 saturated heterocycles. The van der Waals surface area contributed by atoms with E-state index in [1.54, 1.807) is 24.3 Å². The molecule has 0 aliphatic carbocycles. The number of hydrazone groups is 1. The van der Waals surface area contributed by atoms with Gasteiger partial charge < -0.3 is 20.3 Å². The molecule has 4 N–H and O–H groups in total. The maximum atomic E-state index is 12.0. The summed E-state index contributed by atoms with van der Waals surface area (Å²) in [6, 6.07) is 10.6. The fourth-order valence-electron chi connectivity index (χ4n) is 2.04. The Morgan fingerprint density at radius 2 is 1.89 bits per heavy atom. The fraction of sp³-hybridized carbons (Fsp3) is 0.211. The molecule has 0 aliphatic heterocycles. The molecular weight excluding hydrogens is 350 g/mol. The van der Waals surface area contributed by atoms with Crippen LogP contribution in [0.2, 0.25) is 0 Å². The molecule has 8 heteroatoms. The van der Waals surface area contributed by atoms with Gasteiger partial charge in [-0.25, -0.2) is 5.43 Å². The van der Waals surface area contributed by atoms with Gasteiger partial charge in [-0.1, -0.05) is 6.92 Å². The lowest BCUT2D eigenvalue weighted by molar-refractivity contribution is -0.120. The molecule has 0 atom stereocenters. The van der Waals surface area contributed by atoms with Crippen molar-refractivity contribution in [3.05, 3.63) is 53.6 Å². The van der Waals surface area contributed by atoms with Crippen LogP contribution in [-0.2, 0) is 4.79 Å². The van der Waals surface area contributed by atoms with Crippen molar-refractivity contribution in [3.63, 3.8) is 0 Å². The molecule has 0 aromatic heterocycles. The first-order valence-corrected chi connectivity index (χ1v) is 8.34. The van der Waals surface area contributed by atoms with Crippen LogP contribution in [0.1, 0.15) is 29.3 Å². The number of phenols is 2. The SMILES string of the molecule is CCCOc1ccc(C(=O)NCC(=O)N/N=C\c2ccc(O)cc2O)cc1. The molecule has 0 spiro atoms. The van der Waals surface area contributed by atoms with Gasteiger partial charge in [-0.3, -0.25) is 9.59 Å². The number of aromatic hydroxyl groups is 2. The van der Waals surface area contributed by atoms with Crippen molar-refractivity contribution in [2.24, 2.45) is 5.10 Å². The second-order valence-electron chi connectivity index (χ2n) is 5.59. The third-order valence-corrected chi connectivity index (χ3v) is 3.41. The highest BCUT2D eigenvalue weighted by molar-refractivity contribution is 5.96. The van der Waals surface area contributed by atoms with E-state index in [1.165, 1.54) is 18.3 Å². The molecular formula is C19H21N3O5. The number of phenolic OH excluding ortho intramolecular Hbond substituents is 2. The van der Waals surface area contributed by atoms with Crippen molar-refractivity contribution in [3.8, 4) is 17.2 Å². The summed E-state index contributed by atoms with van der Waals surface area (Å²) in [6.07, 6.45) is 2.12. The molecule has 2 aromatic carbocycles. The van der Waals surface area contributed by atoms with Gasteiger partial charge in [0.1, 0.15) is 17.2 Å². The summed E-state index contributed by atoms with van der Waals surface area (Å²) in [5.41, 5.74) is 2.96. The zero-order valence-electron chi connectivity index (χ0n) is 14.8. The minimum Gasteiger partial charge on any atom is -0.508 e. The predicted octanol–water partition coefficient (Wildman–Crippen LogP) is 1.77. The van der Waals surface area contributed by atoms with Gasteiger partial charge >= 0.3 is 0 Å². The summed E-state index contributed by atoms with van der Waals surface area (Å²) >= 11 is 0. The highest BCUT2D eigenvalue weighted by atomic mass is 16.5. The Bertz CT molecular complexity index is 819. The Hall–Kier alpha value is -3.55. The van der Waals surface area contributed by atoms with Crippen LogP contribution < -0.4 is 15.5 Å². The summed E-state index contributed by atoms with van der Waals surface area (Å²) < 4.78 is 5.44. The number of hydrogen-bond donors (Lipinski definition) is 4. The standard InChI is InChI=1S/C19H21N3O5/c1-2-9-27-16-7-4-13(5-8-16)19(26)20-12-18(25)22-21-11-14-3-6-15(23)10-17(14)24/h3-8,10-11,23-24H,2,9,12H2,1H3,(H,20,26)(H,22,25)/b21-11-. The first-order chi connectivity index (χ1) is 13.0. The highest BCUT2D eigenvalue weighted by Crippen LogP contribution is 2.20. The van der Waals surface area contributed by atoms with Crippen LogP contribution in [0.4, 0.5) is 0 Å². The third kappa shape index (κ3) is 6.35. The van der Waals surface area contributed by atoms with E-state index in [1.807, 2.05) is 6.92 Å².